The van der Waals surface area contributed by atoms with Gasteiger partial charge < -0.3 is 9.84 Å². The number of methoxy groups -OCH3 is 1. The first kappa shape index (κ1) is 10.2. The lowest BCUT2D eigenvalue weighted by molar-refractivity contribution is -0.00440. The van der Waals surface area contributed by atoms with Gasteiger partial charge >= 0.3 is 0 Å². The summed E-state index contributed by atoms with van der Waals surface area (Å²) in [5, 5.41) is 10.8. The smallest absolute Gasteiger partial charge is 0.122 e. The van der Waals surface area contributed by atoms with Gasteiger partial charge in [-0.3, -0.25) is 0 Å². The molecule has 1 unspecified atom stereocenters. The highest BCUT2D eigenvalue weighted by atomic mass is 16.5. The molecule has 1 atom stereocenters. The molecule has 1 aromatic carbocycles. The van der Waals surface area contributed by atoms with Crippen molar-refractivity contribution in [3.8, 4) is 5.75 Å². The van der Waals surface area contributed by atoms with Gasteiger partial charge in [-0.15, -0.1) is 0 Å². The van der Waals surface area contributed by atoms with Crippen LogP contribution < -0.4 is 4.74 Å². The molecule has 0 saturated heterocycles. The topological polar surface area (TPSA) is 29.5 Å². The van der Waals surface area contributed by atoms with Gasteiger partial charge in [0.25, 0.3) is 0 Å². The van der Waals surface area contributed by atoms with E-state index in [-0.39, 0.29) is 0 Å². The normalized spacial score (nSPS) is 28.6. The molecule has 2 nitrogen and oxygen atoms in total. The molecule has 1 aromatic rings. The molecule has 1 saturated carbocycles. The molecular weight excluding hydrogens is 200 g/mol. The number of hydrogen-bond acceptors (Lipinski definition) is 2. The van der Waals surface area contributed by atoms with Crippen molar-refractivity contribution in [1.29, 1.82) is 0 Å². The number of aliphatic hydroxyl groups is 1. The molecule has 0 amide bonds. The predicted octanol–water partition coefficient (Wildman–Crippen LogP) is 2.63. The summed E-state index contributed by atoms with van der Waals surface area (Å²) in [4.78, 5) is 0. The Morgan fingerprint density at radius 3 is 2.88 bits per heavy atom. The van der Waals surface area contributed by atoms with Crippen molar-refractivity contribution in [2.24, 2.45) is 5.92 Å². The molecule has 86 valence electrons. The first-order chi connectivity index (χ1) is 7.75. The molecule has 2 aliphatic rings. The zero-order chi connectivity index (χ0) is 11.2. The number of rotatable bonds is 2. The molecule has 0 aliphatic heterocycles. The van der Waals surface area contributed by atoms with E-state index in [0.29, 0.717) is 5.92 Å². The molecule has 16 heavy (non-hydrogen) atoms. The summed E-state index contributed by atoms with van der Waals surface area (Å²) >= 11 is 0. The standard InChI is InChI=1S/C14H18O2/c1-16-13-6-2-5-12-11(13)4-3-9-14(12,15)10-7-8-10/h2,5-6,10,15H,3-4,7-9H2,1H3. The van der Waals surface area contributed by atoms with Crippen LogP contribution in [0.5, 0.6) is 5.75 Å². The van der Waals surface area contributed by atoms with Crippen LogP contribution in [0, 0.1) is 5.92 Å². The second-order valence-electron chi connectivity index (χ2n) is 5.04. The average Bonchev–Trinajstić information content (AvgIpc) is 3.13. The molecule has 2 aliphatic carbocycles. The second-order valence-corrected chi connectivity index (χ2v) is 5.04. The first-order valence-corrected chi connectivity index (χ1v) is 6.14. The Balaban J connectivity index is 2.11. The fourth-order valence-electron chi connectivity index (χ4n) is 3.07. The largest absolute Gasteiger partial charge is 0.496 e. The summed E-state index contributed by atoms with van der Waals surface area (Å²) in [5.41, 5.74) is 1.79. The molecule has 1 N–H and O–H groups in total. The van der Waals surface area contributed by atoms with Crippen molar-refractivity contribution in [3.63, 3.8) is 0 Å². The average molecular weight is 218 g/mol. The summed E-state index contributed by atoms with van der Waals surface area (Å²) in [6.07, 6.45) is 5.37. The Morgan fingerprint density at radius 2 is 2.19 bits per heavy atom. The highest BCUT2D eigenvalue weighted by Crippen LogP contribution is 2.52. The third-order valence-corrected chi connectivity index (χ3v) is 4.06. The zero-order valence-corrected chi connectivity index (χ0v) is 9.70. The minimum absolute atomic E-state index is 0.485. The fraction of sp³-hybridized carbons (Fsp3) is 0.571. The number of fused-ring (bicyclic) bond motifs is 1. The van der Waals surface area contributed by atoms with Crippen molar-refractivity contribution in [2.75, 3.05) is 7.11 Å². The van der Waals surface area contributed by atoms with Crippen molar-refractivity contribution < 1.29 is 9.84 Å². The molecule has 3 rings (SSSR count). The molecule has 0 heterocycles. The van der Waals surface area contributed by atoms with Crippen molar-refractivity contribution in [3.05, 3.63) is 29.3 Å². The Morgan fingerprint density at radius 1 is 1.38 bits per heavy atom. The van der Waals surface area contributed by atoms with Gasteiger partial charge in [0, 0.05) is 5.56 Å². The van der Waals surface area contributed by atoms with E-state index in [4.69, 9.17) is 4.74 Å². The van der Waals surface area contributed by atoms with E-state index in [0.717, 1.165) is 30.6 Å². The van der Waals surface area contributed by atoms with Gasteiger partial charge in [-0.25, -0.2) is 0 Å². The maximum Gasteiger partial charge on any atom is 0.122 e. The lowest BCUT2D eigenvalue weighted by atomic mass is 9.76. The number of ether oxygens (including phenoxy) is 1. The van der Waals surface area contributed by atoms with E-state index < -0.39 is 5.60 Å². The van der Waals surface area contributed by atoms with Crippen molar-refractivity contribution in [1.82, 2.24) is 0 Å². The van der Waals surface area contributed by atoms with E-state index in [2.05, 4.69) is 6.07 Å². The monoisotopic (exact) mass is 218 g/mol. The third kappa shape index (κ3) is 1.36. The Kier molecular flexibility index (Phi) is 2.21. The predicted molar refractivity (Wildman–Crippen MR) is 62.6 cm³/mol. The fourth-order valence-corrected chi connectivity index (χ4v) is 3.07. The van der Waals surface area contributed by atoms with Crippen molar-refractivity contribution >= 4 is 0 Å². The van der Waals surface area contributed by atoms with Gasteiger partial charge in [0.2, 0.25) is 0 Å². The summed E-state index contributed by atoms with van der Waals surface area (Å²) in [6, 6.07) is 6.07. The summed E-state index contributed by atoms with van der Waals surface area (Å²) in [7, 11) is 1.71. The molecule has 0 aromatic heterocycles. The Hall–Kier alpha value is -1.02. The van der Waals surface area contributed by atoms with E-state index in [9.17, 15) is 5.11 Å². The summed E-state index contributed by atoms with van der Waals surface area (Å²) in [6.45, 7) is 0. The lowest BCUT2D eigenvalue weighted by Crippen LogP contribution is -2.33. The molecule has 2 heteroatoms. The van der Waals surface area contributed by atoms with E-state index >= 15 is 0 Å². The maximum absolute atomic E-state index is 10.8. The second kappa shape index (κ2) is 3.49. The van der Waals surface area contributed by atoms with Crippen LogP contribution in [0.2, 0.25) is 0 Å². The van der Waals surface area contributed by atoms with Gasteiger partial charge in [0.05, 0.1) is 12.7 Å². The third-order valence-electron chi connectivity index (χ3n) is 4.06. The summed E-state index contributed by atoms with van der Waals surface area (Å²) in [5.74, 6) is 1.43. The van der Waals surface area contributed by atoms with Crippen LogP contribution in [0.4, 0.5) is 0 Å². The minimum Gasteiger partial charge on any atom is -0.496 e. The quantitative estimate of drug-likeness (QED) is 0.827. The van der Waals surface area contributed by atoms with Crippen LogP contribution in [-0.2, 0) is 12.0 Å². The van der Waals surface area contributed by atoms with E-state index in [1.165, 1.54) is 18.4 Å². The van der Waals surface area contributed by atoms with Crippen LogP contribution >= 0.6 is 0 Å². The highest BCUT2D eigenvalue weighted by Gasteiger charge is 2.47. The lowest BCUT2D eigenvalue weighted by Gasteiger charge is -2.35. The summed E-state index contributed by atoms with van der Waals surface area (Å²) < 4.78 is 5.39. The van der Waals surface area contributed by atoms with E-state index in [1.54, 1.807) is 7.11 Å². The molecule has 0 radical (unpaired) electrons. The number of benzene rings is 1. The molecule has 1 fully saturated rings. The van der Waals surface area contributed by atoms with Crippen LogP contribution in [0.25, 0.3) is 0 Å². The molecular formula is C14H18O2. The van der Waals surface area contributed by atoms with Crippen LogP contribution in [0.15, 0.2) is 18.2 Å². The first-order valence-electron chi connectivity index (χ1n) is 6.14. The molecule has 0 bridgehead atoms. The van der Waals surface area contributed by atoms with Gasteiger partial charge in [0.1, 0.15) is 5.75 Å². The van der Waals surface area contributed by atoms with Crippen LogP contribution in [-0.4, -0.2) is 12.2 Å². The van der Waals surface area contributed by atoms with Gasteiger partial charge in [-0.1, -0.05) is 12.1 Å². The maximum atomic E-state index is 10.8. The number of hydrogen-bond donors (Lipinski definition) is 1. The van der Waals surface area contributed by atoms with Gasteiger partial charge in [-0.2, -0.15) is 0 Å². The highest BCUT2D eigenvalue weighted by molar-refractivity contribution is 5.45. The van der Waals surface area contributed by atoms with Crippen LogP contribution in [0.1, 0.15) is 36.8 Å². The molecule has 0 spiro atoms. The van der Waals surface area contributed by atoms with Gasteiger partial charge in [0.15, 0.2) is 0 Å². The van der Waals surface area contributed by atoms with Crippen LogP contribution in [0.3, 0.4) is 0 Å². The van der Waals surface area contributed by atoms with Gasteiger partial charge in [-0.05, 0) is 49.7 Å². The zero-order valence-electron chi connectivity index (χ0n) is 9.70. The minimum atomic E-state index is -0.567. The SMILES string of the molecule is COc1cccc2c1CCCC2(O)C1CC1. The Bertz CT molecular complexity index is 409. The van der Waals surface area contributed by atoms with Crippen molar-refractivity contribution in [2.45, 2.75) is 37.7 Å². The van der Waals surface area contributed by atoms with E-state index in [1.807, 2.05) is 12.1 Å². The Labute approximate surface area is 96.2 Å².